The van der Waals surface area contributed by atoms with E-state index in [-0.39, 0.29) is 23.7 Å². The molecule has 30 heavy (non-hydrogen) atoms. The van der Waals surface area contributed by atoms with Crippen molar-refractivity contribution >= 4 is 16.9 Å². The highest BCUT2D eigenvalue weighted by Gasteiger charge is 2.34. The van der Waals surface area contributed by atoms with Gasteiger partial charge in [-0.25, -0.2) is 15.0 Å². The van der Waals surface area contributed by atoms with E-state index in [1.54, 1.807) is 17.0 Å². The molecule has 1 amide bonds. The van der Waals surface area contributed by atoms with E-state index in [2.05, 4.69) is 30.5 Å². The Bertz CT molecular complexity index is 1010. The Morgan fingerprint density at radius 1 is 1.30 bits per heavy atom. The van der Waals surface area contributed by atoms with Crippen LogP contribution in [0.5, 0.6) is 0 Å². The van der Waals surface area contributed by atoms with E-state index >= 15 is 0 Å². The molecule has 0 aromatic carbocycles. The molecule has 0 aliphatic heterocycles. The fraction of sp³-hybridized carbons (Fsp3) is 0.500. The standard InChI is InChI=1S/C18H21F3N8O/c1-28(9-18(19,20)21)12-4-2-11(3-5-12)24-16(30)15-14-13(8-23-27-14)25-17(26-15)29-7-6-22-10-29/h6-8,10-12H,2-5,9H2,1H3,(H,23,27)(H,24,30). The molecule has 160 valence electrons. The molecule has 2 N–H and O–H groups in total. The van der Waals surface area contributed by atoms with E-state index in [0.717, 1.165) is 0 Å². The fourth-order valence-corrected chi connectivity index (χ4v) is 3.81. The van der Waals surface area contributed by atoms with Crippen LogP contribution in [0.1, 0.15) is 36.2 Å². The molecule has 3 heterocycles. The molecule has 1 saturated carbocycles. The third kappa shape index (κ3) is 4.42. The molecule has 9 nitrogen and oxygen atoms in total. The van der Waals surface area contributed by atoms with Gasteiger partial charge in [0.1, 0.15) is 17.4 Å². The lowest BCUT2D eigenvalue weighted by Crippen LogP contribution is -2.45. The smallest absolute Gasteiger partial charge is 0.348 e. The molecule has 0 atom stereocenters. The van der Waals surface area contributed by atoms with Gasteiger partial charge in [-0.05, 0) is 32.7 Å². The van der Waals surface area contributed by atoms with Crippen LogP contribution in [0.3, 0.4) is 0 Å². The molecular weight excluding hydrogens is 401 g/mol. The summed E-state index contributed by atoms with van der Waals surface area (Å²) in [5, 5.41) is 9.65. The second-order valence-corrected chi connectivity index (χ2v) is 7.48. The number of halogens is 3. The van der Waals surface area contributed by atoms with Crippen LogP contribution in [0.25, 0.3) is 17.0 Å². The number of carbonyl (C=O) groups is 1. The Balaban J connectivity index is 1.44. The first-order valence-electron chi connectivity index (χ1n) is 9.57. The highest BCUT2D eigenvalue weighted by atomic mass is 19.4. The van der Waals surface area contributed by atoms with Crippen molar-refractivity contribution < 1.29 is 18.0 Å². The van der Waals surface area contributed by atoms with E-state index in [0.29, 0.717) is 42.7 Å². The molecule has 1 aliphatic rings. The van der Waals surface area contributed by atoms with Gasteiger partial charge in [-0.2, -0.15) is 18.3 Å². The summed E-state index contributed by atoms with van der Waals surface area (Å²) in [5.74, 6) is -0.0795. The lowest BCUT2D eigenvalue weighted by Gasteiger charge is -2.35. The number of aromatic nitrogens is 6. The maximum atomic E-state index is 12.9. The number of fused-ring (bicyclic) bond motifs is 1. The van der Waals surface area contributed by atoms with Crippen LogP contribution in [-0.2, 0) is 0 Å². The lowest BCUT2D eigenvalue weighted by atomic mass is 9.90. The summed E-state index contributed by atoms with van der Waals surface area (Å²) in [5.41, 5.74) is 1.09. The first-order valence-corrected chi connectivity index (χ1v) is 9.57. The maximum Gasteiger partial charge on any atom is 0.401 e. The van der Waals surface area contributed by atoms with Gasteiger partial charge in [0.2, 0.25) is 5.95 Å². The average molecular weight is 422 g/mol. The minimum atomic E-state index is -4.21. The van der Waals surface area contributed by atoms with Crippen molar-refractivity contribution in [2.45, 2.75) is 43.9 Å². The number of alkyl halides is 3. The molecule has 12 heteroatoms. The van der Waals surface area contributed by atoms with Crippen molar-refractivity contribution in [1.29, 1.82) is 0 Å². The number of amides is 1. The number of hydrogen-bond donors (Lipinski definition) is 2. The zero-order chi connectivity index (χ0) is 21.3. The van der Waals surface area contributed by atoms with Gasteiger partial charge in [-0.1, -0.05) is 0 Å². The molecule has 3 aromatic heterocycles. The Labute approximate surface area is 169 Å². The van der Waals surface area contributed by atoms with Crippen LogP contribution >= 0.6 is 0 Å². The van der Waals surface area contributed by atoms with Crippen LogP contribution in [-0.4, -0.2) is 72.4 Å². The van der Waals surface area contributed by atoms with Crippen LogP contribution in [0, 0.1) is 0 Å². The third-order valence-electron chi connectivity index (χ3n) is 5.32. The Hall–Kier alpha value is -3.02. The Morgan fingerprint density at radius 3 is 2.73 bits per heavy atom. The summed E-state index contributed by atoms with van der Waals surface area (Å²) in [6.07, 6.45) is 4.45. The minimum absolute atomic E-state index is 0.127. The van der Waals surface area contributed by atoms with Gasteiger partial charge in [0.05, 0.1) is 12.7 Å². The summed E-state index contributed by atoms with van der Waals surface area (Å²) in [6.45, 7) is -0.926. The number of nitrogens with one attached hydrogen (secondary N) is 2. The SMILES string of the molecule is CN(CC(F)(F)F)C1CCC(NC(=O)c2nc(-n3ccnc3)nc3cn[nH]c23)CC1. The van der Waals surface area contributed by atoms with Crippen LogP contribution in [0.4, 0.5) is 13.2 Å². The second-order valence-electron chi connectivity index (χ2n) is 7.48. The highest BCUT2D eigenvalue weighted by Crippen LogP contribution is 2.26. The quantitative estimate of drug-likeness (QED) is 0.652. The van der Waals surface area contributed by atoms with Gasteiger partial charge in [0.15, 0.2) is 5.69 Å². The molecule has 1 fully saturated rings. The summed E-state index contributed by atoms with van der Waals surface area (Å²) >= 11 is 0. The van der Waals surface area contributed by atoms with E-state index in [9.17, 15) is 18.0 Å². The normalized spacial score (nSPS) is 20.0. The predicted octanol–water partition coefficient (Wildman–Crippen LogP) is 2.07. The predicted molar refractivity (Wildman–Crippen MR) is 101 cm³/mol. The third-order valence-corrected chi connectivity index (χ3v) is 5.32. The van der Waals surface area contributed by atoms with Gasteiger partial charge in [-0.15, -0.1) is 0 Å². The van der Waals surface area contributed by atoms with Gasteiger partial charge >= 0.3 is 6.18 Å². The van der Waals surface area contributed by atoms with Gasteiger partial charge in [0, 0.05) is 24.5 Å². The van der Waals surface area contributed by atoms with E-state index in [4.69, 9.17) is 0 Å². The zero-order valence-electron chi connectivity index (χ0n) is 16.2. The van der Waals surface area contributed by atoms with E-state index in [1.165, 1.54) is 24.5 Å². The summed E-state index contributed by atoms with van der Waals surface area (Å²) in [4.78, 5) is 26.9. The van der Waals surface area contributed by atoms with E-state index < -0.39 is 12.7 Å². The molecule has 4 rings (SSSR count). The first kappa shape index (κ1) is 20.3. The molecule has 1 aliphatic carbocycles. The van der Waals surface area contributed by atoms with Crippen LogP contribution in [0.2, 0.25) is 0 Å². The molecule has 0 radical (unpaired) electrons. The van der Waals surface area contributed by atoms with E-state index in [1.807, 2.05) is 0 Å². The largest absolute Gasteiger partial charge is 0.401 e. The number of rotatable bonds is 5. The lowest BCUT2D eigenvalue weighted by molar-refractivity contribution is -0.148. The maximum absolute atomic E-state index is 12.9. The number of H-pyrrole nitrogens is 1. The second kappa shape index (κ2) is 8.01. The fourth-order valence-electron chi connectivity index (χ4n) is 3.81. The Kier molecular flexibility index (Phi) is 5.41. The minimum Gasteiger partial charge on any atom is -0.348 e. The zero-order valence-corrected chi connectivity index (χ0v) is 16.2. The molecule has 0 bridgehead atoms. The van der Waals surface area contributed by atoms with Gasteiger partial charge in [-0.3, -0.25) is 19.4 Å². The summed E-state index contributed by atoms with van der Waals surface area (Å²) in [7, 11) is 1.49. The van der Waals surface area contributed by atoms with Gasteiger partial charge < -0.3 is 5.32 Å². The molecule has 0 saturated heterocycles. The number of aromatic amines is 1. The monoisotopic (exact) mass is 422 g/mol. The van der Waals surface area contributed by atoms with Crippen LogP contribution in [0.15, 0.2) is 24.9 Å². The van der Waals surface area contributed by atoms with Crippen molar-refractivity contribution in [3.63, 3.8) is 0 Å². The number of nitrogens with zero attached hydrogens (tertiary/aromatic N) is 6. The molecule has 0 spiro atoms. The van der Waals surface area contributed by atoms with Crippen molar-refractivity contribution in [2.24, 2.45) is 0 Å². The van der Waals surface area contributed by atoms with Crippen molar-refractivity contribution in [3.8, 4) is 5.95 Å². The molecular formula is C18H21F3N8O. The number of hydrogen-bond acceptors (Lipinski definition) is 6. The number of imidazole rings is 1. The van der Waals surface area contributed by atoms with Crippen molar-refractivity contribution in [3.05, 3.63) is 30.6 Å². The van der Waals surface area contributed by atoms with Crippen LogP contribution < -0.4 is 5.32 Å². The summed E-state index contributed by atoms with van der Waals surface area (Å²) in [6, 6.07) is -0.274. The van der Waals surface area contributed by atoms with Crippen molar-refractivity contribution in [2.75, 3.05) is 13.6 Å². The molecule has 3 aromatic rings. The summed E-state index contributed by atoms with van der Waals surface area (Å²) < 4.78 is 39.4. The van der Waals surface area contributed by atoms with Gasteiger partial charge in [0.25, 0.3) is 5.91 Å². The first-order chi connectivity index (χ1) is 14.3. The highest BCUT2D eigenvalue weighted by molar-refractivity contribution is 6.02. The van der Waals surface area contributed by atoms with Crippen molar-refractivity contribution in [1.82, 2.24) is 39.9 Å². The Morgan fingerprint density at radius 2 is 2.07 bits per heavy atom. The number of carbonyl (C=O) groups excluding carboxylic acids is 1. The molecule has 0 unspecified atom stereocenters. The topological polar surface area (TPSA) is 105 Å². The average Bonchev–Trinajstić information content (AvgIpc) is 3.38.